The SMILES string of the molecule is C[C@H](NC(=O)c1ccccc1)C(=O)NCC(=O)O. The van der Waals surface area contributed by atoms with E-state index < -0.39 is 24.5 Å². The number of carboxylic acid groups (broad SMARTS) is 1. The minimum absolute atomic E-state index is 0.381. The van der Waals surface area contributed by atoms with Crippen molar-refractivity contribution in [1.82, 2.24) is 10.6 Å². The number of hydrogen-bond acceptors (Lipinski definition) is 3. The van der Waals surface area contributed by atoms with Gasteiger partial charge in [0.05, 0.1) is 0 Å². The summed E-state index contributed by atoms with van der Waals surface area (Å²) in [5, 5.41) is 13.1. The summed E-state index contributed by atoms with van der Waals surface area (Å²) in [6.07, 6.45) is 0. The molecule has 0 radical (unpaired) electrons. The van der Waals surface area contributed by atoms with E-state index in [0.29, 0.717) is 5.56 Å². The van der Waals surface area contributed by atoms with Crippen molar-refractivity contribution in [1.29, 1.82) is 0 Å². The van der Waals surface area contributed by atoms with Gasteiger partial charge in [-0.3, -0.25) is 14.4 Å². The zero-order chi connectivity index (χ0) is 13.5. The van der Waals surface area contributed by atoms with E-state index in [2.05, 4.69) is 10.6 Å². The van der Waals surface area contributed by atoms with E-state index >= 15 is 0 Å². The van der Waals surface area contributed by atoms with Gasteiger partial charge in [0.1, 0.15) is 12.6 Å². The van der Waals surface area contributed by atoms with E-state index in [1.54, 1.807) is 30.3 Å². The molecule has 0 fully saturated rings. The molecule has 0 aliphatic heterocycles. The average Bonchev–Trinajstić information content (AvgIpc) is 2.36. The summed E-state index contributed by atoms with van der Waals surface area (Å²) in [5.74, 6) is -2.06. The quantitative estimate of drug-likeness (QED) is 0.685. The van der Waals surface area contributed by atoms with Crippen LogP contribution in [0.3, 0.4) is 0 Å². The van der Waals surface area contributed by atoms with Gasteiger partial charge in [-0.15, -0.1) is 0 Å². The van der Waals surface area contributed by atoms with E-state index in [0.717, 1.165) is 0 Å². The van der Waals surface area contributed by atoms with Crippen molar-refractivity contribution < 1.29 is 19.5 Å². The second kappa shape index (κ2) is 6.39. The largest absolute Gasteiger partial charge is 0.480 e. The Balaban J connectivity index is 2.49. The Morgan fingerprint density at radius 3 is 2.39 bits per heavy atom. The highest BCUT2D eigenvalue weighted by Gasteiger charge is 2.16. The summed E-state index contributed by atoms with van der Waals surface area (Å²) in [6, 6.07) is 7.65. The Labute approximate surface area is 104 Å². The van der Waals surface area contributed by atoms with Gasteiger partial charge in [0, 0.05) is 5.56 Å². The maximum absolute atomic E-state index is 11.7. The molecule has 0 unspecified atom stereocenters. The molecule has 0 bridgehead atoms. The molecule has 6 heteroatoms. The lowest BCUT2D eigenvalue weighted by molar-refractivity contribution is -0.138. The Bertz CT molecular complexity index is 445. The first kappa shape index (κ1) is 13.7. The molecule has 0 aromatic heterocycles. The highest BCUT2D eigenvalue weighted by molar-refractivity contribution is 5.97. The van der Waals surface area contributed by atoms with E-state index in [1.807, 2.05) is 0 Å². The predicted molar refractivity (Wildman–Crippen MR) is 64.0 cm³/mol. The first-order valence-electron chi connectivity index (χ1n) is 5.36. The number of nitrogens with one attached hydrogen (secondary N) is 2. The normalized spacial score (nSPS) is 11.4. The zero-order valence-corrected chi connectivity index (χ0v) is 9.84. The lowest BCUT2D eigenvalue weighted by Crippen LogP contribution is -2.46. The minimum atomic E-state index is -1.13. The molecule has 1 atom stereocenters. The molecule has 3 N–H and O–H groups in total. The van der Waals surface area contributed by atoms with Crippen molar-refractivity contribution in [2.45, 2.75) is 13.0 Å². The fourth-order valence-corrected chi connectivity index (χ4v) is 1.25. The van der Waals surface area contributed by atoms with Crippen LogP contribution in [-0.4, -0.2) is 35.5 Å². The van der Waals surface area contributed by atoms with Gasteiger partial charge in [0.25, 0.3) is 5.91 Å². The summed E-state index contributed by atoms with van der Waals surface area (Å²) >= 11 is 0. The van der Waals surface area contributed by atoms with E-state index in [-0.39, 0.29) is 5.91 Å². The van der Waals surface area contributed by atoms with Crippen molar-refractivity contribution in [3.8, 4) is 0 Å². The molecule has 96 valence electrons. The van der Waals surface area contributed by atoms with Crippen LogP contribution in [0.1, 0.15) is 17.3 Å². The molecule has 1 aromatic rings. The van der Waals surface area contributed by atoms with Crippen molar-refractivity contribution in [2.24, 2.45) is 0 Å². The van der Waals surface area contributed by atoms with Crippen LogP contribution >= 0.6 is 0 Å². The Morgan fingerprint density at radius 1 is 1.22 bits per heavy atom. The number of carbonyl (C=O) groups excluding carboxylic acids is 2. The number of amides is 2. The number of aliphatic carboxylic acids is 1. The van der Waals surface area contributed by atoms with Gasteiger partial charge in [-0.25, -0.2) is 0 Å². The van der Waals surface area contributed by atoms with E-state index in [9.17, 15) is 14.4 Å². The van der Waals surface area contributed by atoms with E-state index in [4.69, 9.17) is 5.11 Å². The van der Waals surface area contributed by atoms with Crippen LogP contribution < -0.4 is 10.6 Å². The van der Waals surface area contributed by atoms with Gasteiger partial charge in [-0.2, -0.15) is 0 Å². The first-order valence-corrected chi connectivity index (χ1v) is 5.36. The highest BCUT2D eigenvalue weighted by atomic mass is 16.4. The van der Waals surface area contributed by atoms with Crippen LogP contribution in [0.25, 0.3) is 0 Å². The number of hydrogen-bond donors (Lipinski definition) is 3. The molecule has 2 amide bonds. The minimum Gasteiger partial charge on any atom is -0.480 e. The maximum atomic E-state index is 11.7. The summed E-state index contributed by atoms with van der Waals surface area (Å²) in [4.78, 5) is 33.4. The second-order valence-corrected chi connectivity index (χ2v) is 3.67. The van der Waals surface area contributed by atoms with Gasteiger partial charge in [-0.1, -0.05) is 18.2 Å². The molecular weight excluding hydrogens is 236 g/mol. The number of carboxylic acids is 1. The van der Waals surface area contributed by atoms with Crippen molar-refractivity contribution in [2.75, 3.05) is 6.54 Å². The fourth-order valence-electron chi connectivity index (χ4n) is 1.25. The van der Waals surface area contributed by atoms with Crippen LogP contribution in [0.5, 0.6) is 0 Å². The molecule has 0 heterocycles. The Kier molecular flexibility index (Phi) is 4.86. The molecule has 1 aromatic carbocycles. The third-order valence-corrected chi connectivity index (χ3v) is 2.19. The second-order valence-electron chi connectivity index (χ2n) is 3.67. The third-order valence-electron chi connectivity index (χ3n) is 2.19. The van der Waals surface area contributed by atoms with Crippen molar-refractivity contribution in [3.05, 3.63) is 35.9 Å². The van der Waals surface area contributed by atoms with Crippen molar-refractivity contribution >= 4 is 17.8 Å². The number of benzene rings is 1. The zero-order valence-electron chi connectivity index (χ0n) is 9.84. The summed E-state index contributed by atoms with van der Waals surface area (Å²) in [5.41, 5.74) is 0.440. The topological polar surface area (TPSA) is 95.5 Å². The molecule has 0 saturated carbocycles. The predicted octanol–water partition coefficient (Wildman–Crippen LogP) is 0.00570. The first-order chi connectivity index (χ1) is 8.50. The molecular formula is C12H14N2O4. The smallest absolute Gasteiger partial charge is 0.322 e. The highest BCUT2D eigenvalue weighted by Crippen LogP contribution is 1.98. The molecule has 0 spiro atoms. The molecule has 0 aliphatic carbocycles. The maximum Gasteiger partial charge on any atom is 0.322 e. The summed E-state index contributed by atoms with van der Waals surface area (Å²) < 4.78 is 0. The summed E-state index contributed by atoms with van der Waals surface area (Å²) in [7, 11) is 0. The molecule has 0 aliphatic rings. The Morgan fingerprint density at radius 2 is 1.83 bits per heavy atom. The third kappa shape index (κ3) is 4.25. The average molecular weight is 250 g/mol. The molecule has 0 saturated heterocycles. The standard InChI is InChI=1S/C12H14N2O4/c1-8(11(17)13-7-10(15)16)14-12(18)9-5-3-2-4-6-9/h2-6,8H,7H2,1H3,(H,13,17)(H,14,18)(H,15,16)/t8-/m0/s1. The van der Waals surface area contributed by atoms with Crippen LogP contribution in [0.4, 0.5) is 0 Å². The van der Waals surface area contributed by atoms with Crippen molar-refractivity contribution in [3.63, 3.8) is 0 Å². The van der Waals surface area contributed by atoms with Gasteiger partial charge >= 0.3 is 5.97 Å². The van der Waals surface area contributed by atoms with Gasteiger partial charge < -0.3 is 15.7 Å². The van der Waals surface area contributed by atoms with E-state index in [1.165, 1.54) is 6.92 Å². The van der Waals surface area contributed by atoms with Gasteiger partial charge in [0.2, 0.25) is 5.91 Å². The summed E-state index contributed by atoms with van der Waals surface area (Å²) in [6.45, 7) is 1.02. The molecule has 6 nitrogen and oxygen atoms in total. The monoisotopic (exact) mass is 250 g/mol. The van der Waals surface area contributed by atoms with Crippen LogP contribution in [-0.2, 0) is 9.59 Å². The lowest BCUT2D eigenvalue weighted by Gasteiger charge is -2.13. The molecule has 18 heavy (non-hydrogen) atoms. The van der Waals surface area contributed by atoms with Gasteiger partial charge in [-0.05, 0) is 19.1 Å². The van der Waals surface area contributed by atoms with Crippen LogP contribution in [0.15, 0.2) is 30.3 Å². The van der Waals surface area contributed by atoms with Crippen LogP contribution in [0, 0.1) is 0 Å². The van der Waals surface area contributed by atoms with Gasteiger partial charge in [0.15, 0.2) is 0 Å². The number of carbonyl (C=O) groups is 3. The Hall–Kier alpha value is -2.37. The number of rotatable bonds is 5. The van der Waals surface area contributed by atoms with Crippen LogP contribution in [0.2, 0.25) is 0 Å². The fraction of sp³-hybridized carbons (Fsp3) is 0.250. The lowest BCUT2D eigenvalue weighted by atomic mass is 10.2. The molecule has 1 rings (SSSR count).